The van der Waals surface area contributed by atoms with Crippen molar-refractivity contribution in [1.29, 1.82) is 0 Å². The molecule has 2 saturated heterocycles. The van der Waals surface area contributed by atoms with Crippen molar-refractivity contribution >= 4 is 23.5 Å². The van der Waals surface area contributed by atoms with E-state index in [1.54, 1.807) is 6.92 Å². The summed E-state index contributed by atoms with van der Waals surface area (Å²) in [6.45, 7) is 7.60. The average Bonchev–Trinajstić information content (AvgIpc) is 3.17. The Hall–Kier alpha value is -2.28. The lowest BCUT2D eigenvalue weighted by Gasteiger charge is -2.18. The number of allylic oxidation sites excluding steroid dienone is 2. The van der Waals surface area contributed by atoms with E-state index < -0.39 is 41.8 Å². The molecule has 0 N–H and O–H groups in total. The molecule has 0 aromatic carbocycles. The molecule has 2 heterocycles. The number of hydrogen-bond acceptors (Lipinski definition) is 7. The first-order valence-corrected chi connectivity index (χ1v) is 9.52. The second-order valence-corrected chi connectivity index (χ2v) is 8.07. The summed E-state index contributed by atoms with van der Waals surface area (Å²) in [6, 6.07) is 0. The van der Waals surface area contributed by atoms with Gasteiger partial charge in [-0.25, -0.2) is 4.79 Å². The maximum atomic E-state index is 12.7. The molecule has 5 atom stereocenters. The summed E-state index contributed by atoms with van der Waals surface area (Å²) in [5.41, 5.74) is 0.464. The van der Waals surface area contributed by atoms with E-state index in [-0.39, 0.29) is 24.2 Å². The number of rotatable bonds is 2. The monoisotopic (exact) mass is 390 g/mol. The topological polar surface area (TPSA) is 99.3 Å². The van der Waals surface area contributed by atoms with Gasteiger partial charge in [0.2, 0.25) is 0 Å². The van der Waals surface area contributed by atoms with Gasteiger partial charge in [-0.15, -0.1) is 0 Å². The van der Waals surface area contributed by atoms with Crippen molar-refractivity contribution in [2.24, 2.45) is 11.8 Å². The fraction of sp³-hybridized carbons (Fsp3) is 0.619. The summed E-state index contributed by atoms with van der Waals surface area (Å²) in [5, 5.41) is 0. The van der Waals surface area contributed by atoms with Crippen LogP contribution >= 0.6 is 0 Å². The number of methoxy groups -OCH3 is 1. The van der Waals surface area contributed by atoms with Crippen molar-refractivity contribution in [3.05, 3.63) is 23.8 Å². The number of carbonyl (C=O) groups is 4. The molecule has 2 fully saturated rings. The average molecular weight is 390 g/mol. The van der Waals surface area contributed by atoms with Crippen LogP contribution in [0.1, 0.15) is 46.0 Å². The Bertz CT molecular complexity index is 765. The smallest absolute Gasteiger partial charge is 0.334 e. The first-order chi connectivity index (χ1) is 13.2. The van der Waals surface area contributed by atoms with E-state index in [2.05, 4.69) is 6.58 Å². The Balaban J connectivity index is 1.90. The zero-order valence-corrected chi connectivity index (χ0v) is 16.5. The first-order valence-electron chi connectivity index (χ1n) is 9.52. The number of Topliss-reactive ketones (excluding diaryl/α,β-unsaturated/α-hetero) is 2. The molecule has 1 aliphatic carbocycles. The highest BCUT2D eigenvalue weighted by Gasteiger charge is 2.58. The summed E-state index contributed by atoms with van der Waals surface area (Å²) in [5.74, 6) is -3.11. The predicted molar refractivity (Wildman–Crippen MR) is 98.2 cm³/mol. The van der Waals surface area contributed by atoms with Crippen molar-refractivity contribution in [2.75, 3.05) is 7.11 Å². The summed E-state index contributed by atoms with van der Waals surface area (Å²) in [7, 11) is 1.19. The van der Waals surface area contributed by atoms with Crippen molar-refractivity contribution in [3.63, 3.8) is 0 Å². The molecule has 7 nitrogen and oxygen atoms in total. The van der Waals surface area contributed by atoms with Crippen molar-refractivity contribution in [3.8, 4) is 0 Å². The molecule has 2 aliphatic heterocycles. The van der Waals surface area contributed by atoms with E-state index in [1.165, 1.54) is 7.11 Å². The van der Waals surface area contributed by atoms with Crippen LogP contribution in [-0.4, -0.2) is 48.4 Å². The number of carbonyl (C=O) groups excluding carboxylic acids is 4. The Labute approximate surface area is 164 Å². The Morgan fingerprint density at radius 1 is 1.29 bits per heavy atom. The first kappa shape index (κ1) is 20.5. The number of ketones is 2. The Morgan fingerprint density at radius 2 is 2.00 bits per heavy atom. The van der Waals surface area contributed by atoms with Gasteiger partial charge >= 0.3 is 11.9 Å². The molecule has 3 aliphatic rings. The molecule has 0 saturated carbocycles. The number of esters is 2. The highest BCUT2D eigenvalue weighted by Crippen LogP contribution is 2.44. The highest BCUT2D eigenvalue weighted by atomic mass is 16.6. The summed E-state index contributed by atoms with van der Waals surface area (Å²) in [4.78, 5) is 49.7. The number of ether oxygens (including phenoxy) is 3. The molecule has 152 valence electrons. The molecular weight excluding hydrogens is 364 g/mol. The lowest BCUT2D eigenvalue weighted by molar-refractivity contribution is -0.153. The van der Waals surface area contributed by atoms with Gasteiger partial charge in [-0.2, -0.15) is 0 Å². The summed E-state index contributed by atoms with van der Waals surface area (Å²) >= 11 is 0. The van der Waals surface area contributed by atoms with Crippen LogP contribution in [0.3, 0.4) is 0 Å². The van der Waals surface area contributed by atoms with E-state index >= 15 is 0 Å². The fourth-order valence-electron chi connectivity index (χ4n) is 3.94. The lowest BCUT2D eigenvalue weighted by Crippen LogP contribution is -2.34. The zero-order valence-electron chi connectivity index (χ0n) is 16.5. The Kier molecular flexibility index (Phi) is 5.57. The van der Waals surface area contributed by atoms with E-state index in [0.29, 0.717) is 24.8 Å². The van der Waals surface area contributed by atoms with Crippen LogP contribution in [0.4, 0.5) is 0 Å². The van der Waals surface area contributed by atoms with Gasteiger partial charge in [0.15, 0.2) is 17.2 Å². The molecule has 28 heavy (non-hydrogen) atoms. The van der Waals surface area contributed by atoms with Gasteiger partial charge in [0.1, 0.15) is 12.0 Å². The molecule has 3 rings (SSSR count). The van der Waals surface area contributed by atoms with Gasteiger partial charge in [-0.3, -0.25) is 14.4 Å². The molecule has 0 spiro atoms. The number of hydrogen-bond donors (Lipinski definition) is 0. The molecule has 5 unspecified atom stereocenters. The molecule has 0 radical (unpaired) electrons. The molecule has 0 aromatic rings. The van der Waals surface area contributed by atoms with Gasteiger partial charge in [-0.1, -0.05) is 18.2 Å². The van der Waals surface area contributed by atoms with Crippen molar-refractivity contribution in [1.82, 2.24) is 0 Å². The minimum Gasteiger partial charge on any atom is -0.468 e. The molecule has 0 amide bonds. The van der Waals surface area contributed by atoms with Crippen LogP contribution in [0, 0.1) is 11.8 Å². The van der Waals surface area contributed by atoms with E-state index in [1.807, 2.05) is 13.0 Å². The molecule has 0 aromatic heterocycles. The SMILES string of the molecule is C=C(C)C1C/C=C2/CC(CC(C(=O)OC)C(=O)CC(=O)C3(C)OC3C1)OC2=O. The normalized spacial score (nSPS) is 37.8. The minimum absolute atomic E-state index is 0.00673. The van der Waals surface area contributed by atoms with E-state index in [0.717, 1.165) is 5.57 Å². The van der Waals surface area contributed by atoms with Gasteiger partial charge in [-0.05, 0) is 32.6 Å². The van der Waals surface area contributed by atoms with Crippen LogP contribution in [0.25, 0.3) is 0 Å². The standard InChI is InChI=1S/C21H26O7/c1-11(2)12-5-6-13-7-14(27-19(13)24)9-15(20(25)26-4)16(22)10-17(23)21(3)18(8-12)28-21/h6,12,14-15,18H,1,5,7-10H2,2-4H3/b13-6-. The lowest BCUT2D eigenvalue weighted by atomic mass is 9.84. The van der Waals surface area contributed by atoms with Gasteiger partial charge < -0.3 is 14.2 Å². The van der Waals surface area contributed by atoms with Crippen LogP contribution in [0.15, 0.2) is 23.8 Å². The second kappa shape index (κ2) is 7.62. The zero-order chi connectivity index (χ0) is 20.6. The third-order valence-corrected chi connectivity index (χ3v) is 6.03. The maximum Gasteiger partial charge on any atom is 0.334 e. The van der Waals surface area contributed by atoms with Crippen molar-refractivity contribution in [2.45, 2.75) is 63.8 Å². The number of epoxide rings is 1. The van der Waals surface area contributed by atoms with Gasteiger partial charge in [0.25, 0.3) is 0 Å². The quantitative estimate of drug-likeness (QED) is 0.308. The highest BCUT2D eigenvalue weighted by molar-refractivity contribution is 6.10. The molecule has 2 bridgehead atoms. The predicted octanol–water partition coefficient (Wildman–Crippen LogP) is 2.08. The van der Waals surface area contributed by atoms with E-state index in [4.69, 9.17) is 14.2 Å². The third kappa shape index (κ3) is 3.94. The third-order valence-electron chi connectivity index (χ3n) is 6.03. The molecular formula is C21H26O7. The largest absolute Gasteiger partial charge is 0.468 e. The van der Waals surface area contributed by atoms with Gasteiger partial charge in [0, 0.05) is 18.4 Å². The van der Waals surface area contributed by atoms with E-state index in [9.17, 15) is 19.2 Å². The summed E-state index contributed by atoms with van der Waals surface area (Å²) in [6.07, 6.45) is 2.03. The van der Waals surface area contributed by atoms with Crippen LogP contribution in [0.2, 0.25) is 0 Å². The fourth-order valence-corrected chi connectivity index (χ4v) is 3.94. The van der Waals surface area contributed by atoms with Crippen molar-refractivity contribution < 1.29 is 33.4 Å². The second-order valence-electron chi connectivity index (χ2n) is 8.07. The Morgan fingerprint density at radius 3 is 2.64 bits per heavy atom. The summed E-state index contributed by atoms with van der Waals surface area (Å²) < 4.78 is 15.7. The van der Waals surface area contributed by atoms with Crippen LogP contribution < -0.4 is 0 Å². The van der Waals surface area contributed by atoms with Crippen LogP contribution in [0.5, 0.6) is 0 Å². The molecule has 7 heteroatoms. The van der Waals surface area contributed by atoms with Crippen LogP contribution in [-0.2, 0) is 33.4 Å². The van der Waals surface area contributed by atoms with Gasteiger partial charge in [0.05, 0.1) is 19.6 Å². The minimum atomic E-state index is -1.14. The maximum absolute atomic E-state index is 12.7. The number of fused-ring (bicyclic) bond motifs is 3.